The molecule has 0 bridgehead atoms. The fraction of sp³-hybridized carbons (Fsp3) is 0.333. The normalized spacial score (nSPS) is 27.1. The van der Waals surface area contributed by atoms with Crippen molar-refractivity contribution < 1.29 is 9.18 Å². The highest BCUT2D eigenvalue weighted by Gasteiger charge is 2.41. The molecule has 0 saturated carbocycles. The maximum atomic E-state index is 13.0. The number of amides is 1. The van der Waals surface area contributed by atoms with Crippen molar-refractivity contribution in [2.75, 3.05) is 0 Å². The number of allylic oxidation sites excluding steroid dienone is 1. The Morgan fingerprint density at radius 3 is 2.62 bits per heavy atom. The van der Waals surface area contributed by atoms with Crippen LogP contribution in [0.25, 0.3) is 0 Å². The van der Waals surface area contributed by atoms with Gasteiger partial charge in [-0.3, -0.25) is 4.79 Å². The Bertz CT molecular complexity index is 610. The summed E-state index contributed by atoms with van der Waals surface area (Å²) in [6.45, 7) is 5.40. The second-order valence-electron chi connectivity index (χ2n) is 5.23. The van der Waals surface area contributed by atoms with Crippen molar-refractivity contribution >= 4 is 22.8 Å². The first kappa shape index (κ1) is 15.7. The molecule has 1 aromatic carbocycles. The molecule has 21 heavy (non-hydrogen) atoms. The topological polar surface area (TPSA) is 67.5 Å². The quantitative estimate of drug-likeness (QED) is 0.843. The Hall–Kier alpha value is -1.66. The van der Waals surface area contributed by atoms with Crippen LogP contribution in [-0.4, -0.2) is 15.8 Å². The Morgan fingerprint density at radius 2 is 2.05 bits per heavy atom. The molecule has 1 fully saturated rings. The Labute approximate surface area is 127 Å². The van der Waals surface area contributed by atoms with Crippen LogP contribution in [0.2, 0.25) is 0 Å². The number of nitrogens with one attached hydrogen (secondary N) is 1. The van der Waals surface area contributed by atoms with Gasteiger partial charge in [-0.05, 0) is 38.5 Å². The lowest BCUT2D eigenvalue weighted by Crippen LogP contribution is -2.35. The van der Waals surface area contributed by atoms with Crippen LogP contribution in [0, 0.1) is 5.82 Å². The summed E-state index contributed by atoms with van der Waals surface area (Å²) >= 11 is 1.32. The van der Waals surface area contributed by atoms with E-state index in [4.69, 9.17) is 5.73 Å². The van der Waals surface area contributed by atoms with E-state index in [1.54, 1.807) is 19.1 Å². The summed E-state index contributed by atoms with van der Waals surface area (Å²) in [6.07, 6.45) is 3.65. The van der Waals surface area contributed by atoms with E-state index in [0.29, 0.717) is 10.7 Å². The van der Waals surface area contributed by atoms with Crippen LogP contribution in [-0.2, 0) is 10.5 Å². The fourth-order valence-electron chi connectivity index (χ4n) is 2.04. The minimum atomic E-state index is -1.04. The fourth-order valence-corrected chi connectivity index (χ4v) is 3.16. The molecular weight excluding hydrogens is 289 g/mol. The summed E-state index contributed by atoms with van der Waals surface area (Å²) in [7, 11) is 0. The highest BCUT2D eigenvalue weighted by Crippen LogP contribution is 2.34. The Morgan fingerprint density at radius 1 is 1.43 bits per heavy atom. The maximum absolute atomic E-state index is 13.0. The molecule has 1 aliphatic rings. The number of carbonyl (C=O) groups is 1. The van der Waals surface area contributed by atoms with Gasteiger partial charge in [0, 0.05) is 0 Å². The number of rotatable bonds is 3. The van der Waals surface area contributed by atoms with Gasteiger partial charge in [-0.1, -0.05) is 36.0 Å². The molecule has 0 spiro atoms. The van der Waals surface area contributed by atoms with Crippen LogP contribution in [0.4, 0.5) is 4.39 Å². The number of nitrogens with two attached hydrogens (primary N) is 1. The van der Waals surface area contributed by atoms with Gasteiger partial charge in [0.2, 0.25) is 5.91 Å². The lowest BCUT2D eigenvalue weighted by molar-refractivity contribution is -0.120. The zero-order valence-electron chi connectivity index (χ0n) is 12.2. The van der Waals surface area contributed by atoms with E-state index in [-0.39, 0.29) is 11.7 Å². The van der Waals surface area contributed by atoms with Crippen molar-refractivity contribution in [3.05, 3.63) is 47.8 Å². The molecule has 1 amide bonds. The number of amidine groups is 1. The largest absolute Gasteiger partial charge is 0.304 e. The number of benzene rings is 1. The first-order chi connectivity index (χ1) is 9.77. The number of nitrogens with zero attached hydrogens (tertiary/aromatic N) is 1. The highest BCUT2D eigenvalue weighted by molar-refractivity contribution is 8.16. The van der Waals surface area contributed by atoms with E-state index in [9.17, 15) is 9.18 Å². The van der Waals surface area contributed by atoms with Gasteiger partial charge in [-0.15, -0.1) is 0 Å². The van der Waals surface area contributed by atoms with Crippen LogP contribution in [0.1, 0.15) is 26.3 Å². The van der Waals surface area contributed by atoms with Gasteiger partial charge in [-0.25, -0.2) is 9.38 Å². The van der Waals surface area contributed by atoms with E-state index >= 15 is 0 Å². The zero-order valence-corrected chi connectivity index (χ0v) is 13.0. The summed E-state index contributed by atoms with van der Waals surface area (Å²) in [6, 6.07) is 5.85. The molecule has 3 N–H and O–H groups in total. The first-order valence-electron chi connectivity index (χ1n) is 6.56. The van der Waals surface area contributed by atoms with Gasteiger partial charge in [0.1, 0.15) is 16.2 Å². The van der Waals surface area contributed by atoms with Crippen LogP contribution in [0.3, 0.4) is 0 Å². The number of aliphatic imine (C=N–C) groups is 1. The summed E-state index contributed by atoms with van der Waals surface area (Å²) in [5, 5.41) is 3.20. The third-order valence-electron chi connectivity index (χ3n) is 3.23. The van der Waals surface area contributed by atoms with Gasteiger partial charge >= 0.3 is 0 Å². The number of halogens is 1. The van der Waals surface area contributed by atoms with Gasteiger partial charge in [0.15, 0.2) is 5.17 Å². The van der Waals surface area contributed by atoms with Crippen LogP contribution in [0.15, 0.2) is 41.4 Å². The summed E-state index contributed by atoms with van der Waals surface area (Å²) in [4.78, 5) is 16.4. The molecule has 1 aliphatic heterocycles. The lowest BCUT2D eigenvalue weighted by Gasteiger charge is -2.21. The molecule has 2 rings (SSSR count). The maximum Gasteiger partial charge on any atom is 0.246 e. The van der Waals surface area contributed by atoms with Crippen LogP contribution < -0.4 is 11.1 Å². The SMILES string of the molecule is C/C=C/C1(C)S/C(=N/[C@](C)(N)c2ccc(F)cc2)NC1=O. The number of carbonyl (C=O) groups excluding carboxylic acids is 1. The number of hydrogen-bond donors (Lipinski definition) is 2. The van der Waals surface area contributed by atoms with Crippen LogP contribution >= 0.6 is 11.8 Å². The van der Waals surface area contributed by atoms with Crippen molar-refractivity contribution in [2.45, 2.75) is 31.2 Å². The molecule has 112 valence electrons. The minimum Gasteiger partial charge on any atom is -0.304 e. The Kier molecular flexibility index (Phi) is 4.20. The first-order valence-corrected chi connectivity index (χ1v) is 7.37. The lowest BCUT2D eigenvalue weighted by atomic mass is 10.0. The third-order valence-corrected chi connectivity index (χ3v) is 4.36. The molecule has 4 nitrogen and oxygen atoms in total. The molecule has 2 atom stereocenters. The Balaban J connectivity index is 2.27. The van der Waals surface area contributed by atoms with E-state index < -0.39 is 10.4 Å². The predicted octanol–water partition coefficient (Wildman–Crippen LogP) is 2.51. The second-order valence-corrected chi connectivity index (χ2v) is 6.67. The smallest absolute Gasteiger partial charge is 0.246 e. The molecule has 0 aliphatic carbocycles. The summed E-state index contributed by atoms with van der Waals surface area (Å²) in [5.74, 6) is -0.453. The molecular formula is C15H18FN3OS. The minimum absolute atomic E-state index is 0.126. The van der Waals surface area contributed by atoms with Crippen molar-refractivity contribution in [1.82, 2.24) is 5.32 Å². The van der Waals surface area contributed by atoms with E-state index in [1.807, 2.05) is 26.0 Å². The van der Waals surface area contributed by atoms with Gasteiger partial charge in [-0.2, -0.15) is 0 Å². The van der Waals surface area contributed by atoms with Crippen molar-refractivity contribution in [3.8, 4) is 0 Å². The zero-order chi connectivity index (χ0) is 15.7. The van der Waals surface area contributed by atoms with Crippen molar-refractivity contribution in [1.29, 1.82) is 0 Å². The van der Waals surface area contributed by atoms with E-state index in [0.717, 1.165) is 0 Å². The molecule has 1 unspecified atom stereocenters. The van der Waals surface area contributed by atoms with E-state index in [1.165, 1.54) is 23.9 Å². The molecule has 6 heteroatoms. The summed E-state index contributed by atoms with van der Waals surface area (Å²) in [5.41, 5.74) is 5.82. The standard InChI is InChI=1S/C15H18FN3OS/c1-4-9-14(2)12(20)18-13(21-14)19-15(3,17)10-5-7-11(16)8-6-10/h4-9H,17H2,1-3H3,(H,18,19,20)/b9-4+/t14?,15-/m0/s1. The molecule has 0 aromatic heterocycles. The number of hydrogen-bond acceptors (Lipinski definition) is 4. The van der Waals surface area contributed by atoms with Gasteiger partial charge in [0.25, 0.3) is 0 Å². The molecule has 0 radical (unpaired) electrons. The number of thioether (sulfide) groups is 1. The molecule has 1 aromatic rings. The third kappa shape index (κ3) is 3.33. The highest BCUT2D eigenvalue weighted by atomic mass is 32.2. The average Bonchev–Trinajstić information content (AvgIpc) is 2.64. The van der Waals surface area contributed by atoms with Gasteiger partial charge < -0.3 is 11.1 Å². The monoisotopic (exact) mass is 307 g/mol. The van der Waals surface area contributed by atoms with Crippen molar-refractivity contribution in [2.24, 2.45) is 10.7 Å². The van der Waals surface area contributed by atoms with Gasteiger partial charge in [0.05, 0.1) is 0 Å². The van der Waals surface area contributed by atoms with Crippen LogP contribution in [0.5, 0.6) is 0 Å². The molecule has 1 heterocycles. The molecule has 1 saturated heterocycles. The average molecular weight is 307 g/mol. The van der Waals surface area contributed by atoms with Crippen molar-refractivity contribution in [3.63, 3.8) is 0 Å². The summed E-state index contributed by atoms with van der Waals surface area (Å²) < 4.78 is 12.3. The second kappa shape index (κ2) is 5.61. The predicted molar refractivity (Wildman–Crippen MR) is 84.3 cm³/mol. The van der Waals surface area contributed by atoms with E-state index in [2.05, 4.69) is 10.3 Å².